The molecule has 9 nitrogen and oxygen atoms in total. The van der Waals surface area contributed by atoms with E-state index in [4.69, 9.17) is 4.74 Å². The number of hydrogen-bond donors (Lipinski definition) is 3. The number of nitrogens with zero attached hydrogens (tertiary/aromatic N) is 3. The summed E-state index contributed by atoms with van der Waals surface area (Å²) in [4.78, 5) is 24.4. The fourth-order valence-corrected chi connectivity index (χ4v) is 3.08. The first-order valence-electron chi connectivity index (χ1n) is 8.82. The van der Waals surface area contributed by atoms with Crippen molar-refractivity contribution in [3.8, 4) is 0 Å². The van der Waals surface area contributed by atoms with Gasteiger partial charge in [-0.2, -0.15) is 5.10 Å². The molecule has 1 aromatic heterocycles. The van der Waals surface area contributed by atoms with E-state index < -0.39 is 29.4 Å². The molecule has 0 unspecified atom stereocenters. The molecule has 3 atom stereocenters. The van der Waals surface area contributed by atoms with Crippen molar-refractivity contribution >= 4 is 11.8 Å². The summed E-state index contributed by atoms with van der Waals surface area (Å²) in [6.45, 7) is 1.78. The molecule has 0 spiro atoms. The number of hydrogen-bond acceptors (Lipinski definition) is 7. The van der Waals surface area contributed by atoms with Gasteiger partial charge in [0.05, 0.1) is 19.3 Å². The molecular formula is C19H22N4O5. The van der Waals surface area contributed by atoms with Crippen molar-refractivity contribution in [2.45, 2.75) is 19.1 Å². The molecule has 2 amide bonds. The quantitative estimate of drug-likeness (QED) is 0.488. The first-order chi connectivity index (χ1) is 13.4. The lowest BCUT2D eigenvalue weighted by molar-refractivity contribution is -0.0940. The molecule has 0 saturated carbocycles. The summed E-state index contributed by atoms with van der Waals surface area (Å²) in [6, 6.07) is 11.5. The Balaban J connectivity index is 1.56. The van der Waals surface area contributed by atoms with Gasteiger partial charge >= 0.3 is 0 Å². The van der Waals surface area contributed by atoms with Crippen molar-refractivity contribution in [3.05, 3.63) is 59.9 Å². The first-order valence-corrected chi connectivity index (χ1v) is 8.82. The van der Waals surface area contributed by atoms with Crippen LogP contribution in [-0.4, -0.2) is 69.3 Å². The minimum atomic E-state index is -0.993. The van der Waals surface area contributed by atoms with Crippen LogP contribution in [0.15, 0.2) is 48.7 Å². The number of rotatable bonds is 6. The molecule has 148 valence electrons. The van der Waals surface area contributed by atoms with E-state index in [0.29, 0.717) is 10.6 Å². The number of aliphatic hydroxyl groups excluding tert-OH is 1. The lowest BCUT2D eigenvalue weighted by Gasteiger charge is -2.31. The SMILES string of the molecule is C[C@@]1(CN(O)C(=O)c2ccccc2)CO[C@H](CNC(=O)c2cccnn2)[C@H]1O. The standard InChI is InChI=1S/C19H22N4O5/c1-19(11-23(27)18(26)13-6-3-2-4-7-13)12-28-15(16(19)24)10-20-17(25)14-8-5-9-21-22-14/h2-9,15-16,24,27H,10-12H2,1H3,(H,20,25)/t15-,16-,19-/m1/s1. The maximum Gasteiger partial charge on any atom is 0.277 e. The zero-order valence-electron chi connectivity index (χ0n) is 15.4. The van der Waals surface area contributed by atoms with Gasteiger partial charge in [-0.3, -0.25) is 14.8 Å². The van der Waals surface area contributed by atoms with Crippen LogP contribution in [-0.2, 0) is 4.74 Å². The fourth-order valence-electron chi connectivity index (χ4n) is 3.08. The van der Waals surface area contributed by atoms with Crippen molar-refractivity contribution in [1.82, 2.24) is 20.6 Å². The van der Waals surface area contributed by atoms with Crippen LogP contribution in [0.25, 0.3) is 0 Å². The van der Waals surface area contributed by atoms with Gasteiger partial charge in [-0.15, -0.1) is 5.10 Å². The number of ether oxygens (including phenoxy) is 1. The number of benzene rings is 1. The van der Waals surface area contributed by atoms with E-state index in [1.54, 1.807) is 43.3 Å². The third kappa shape index (κ3) is 4.33. The van der Waals surface area contributed by atoms with Gasteiger partial charge in [0.2, 0.25) is 0 Å². The molecule has 9 heteroatoms. The molecule has 2 heterocycles. The molecule has 0 aliphatic carbocycles. The average Bonchev–Trinajstić information content (AvgIpc) is 3.00. The van der Waals surface area contributed by atoms with Gasteiger partial charge in [0.1, 0.15) is 6.10 Å². The Hall–Kier alpha value is -2.88. The molecule has 2 aromatic rings. The lowest BCUT2D eigenvalue weighted by Crippen LogP contribution is -2.47. The Morgan fingerprint density at radius 2 is 2.04 bits per heavy atom. The predicted octanol–water partition coefficient (Wildman–Crippen LogP) is 0.504. The number of aliphatic hydroxyl groups is 1. The highest BCUT2D eigenvalue weighted by atomic mass is 16.5. The first kappa shape index (κ1) is 19.9. The second kappa shape index (κ2) is 8.42. The number of aromatic nitrogens is 2. The zero-order chi connectivity index (χ0) is 20.1. The Bertz CT molecular complexity index is 820. The Kier molecular flexibility index (Phi) is 5.98. The molecule has 1 fully saturated rings. The maximum absolute atomic E-state index is 12.3. The molecule has 0 bridgehead atoms. The highest BCUT2D eigenvalue weighted by Gasteiger charge is 2.47. The summed E-state index contributed by atoms with van der Waals surface area (Å²) >= 11 is 0. The van der Waals surface area contributed by atoms with Gasteiger partial charge in [-0.25, -0.2) is 5.06 Å². The Morgan fingerprint density at radius 3 is 2.71 bits per heavy atom. The number of amides is 2. The number of carbonyl (C=O) groups excluding carboxylic acids is 2. The van der Waals surface area contributed by atoms with Crippen LogP contribution in [0.1, 0.15) is 27.8 Å². The van der Waals surface area contributed by atoms with E-state index >= 15 is 0 Å². The predicted molar refractivity (Wildman–Crippen MR) is 97.5 cm³/mol. The lowest BCUT2D eigenvalue weighted by atomic mass is 9.84. The van der Waals surface area contributed by atoms with E-state index in [1.165, 1.54) is 12.3 Å². The number of nitrogens with one attached hydrogen (secondary N) is 1. The summed E-state index contributed by atoms with van der Waals surface area (Å²) in [5.41, 5.74) is -0.385. The van der Waals surface area contributed by atoms with Crippen LogP contribution in [0.2, 0.25) is 0 Å². The zero-order valence-corrected chi connectivity index (χ0v) is 15.4. The van der Waals surface area contributed by atoms with E-state index in [0.717, 1.165) is 0 Å². The van der Waals surface area contributed by atoms with Gasteiger partial charge < -0.3 is 15.2 Å². The van der Waals surface area contributed by atoms with Gasteiger partial charge in [0.15, 0.2) is 5.69 Å². The summed E-state index contributed by atoms with van der Waals surface area (Å²) < 4.78 is 5.60. The molecule has 0 radical (unpaired) electrons. The fraction of sp³-hybridized carbons (Fsp3) is 0.368. The molecule has 3 rings (SSSR count). The second-order valence-corrected chi connectivity index (χ2v) is 7.00. The molecule has 1 saturated heterocycles. The van der Waals surface area contributed by atoms with Crippen LogP contribution in [0, 0.1) is 5.41 Å². The largest absolute Gasteiger partial charge is 0.390 e. The second-order valence-electron chi connectivity index (χ2n) is 7.00. The molecule has 1 aliphatic heterocycles. The van der Waals surface area contributed by atoms with Crippen molar-refractivity contribution in [3.63, 3.8) is 0 Å². The minimum absolute atomic E-state index is 0.0597. The molecular weight excluding hydrogens is 364 g/mol. The van der Waals surface area contributed by atoms with Gasteiger partial charge in [0, 0.05) is 23.7 Å². The molecule has 1 aromatic carbocycles. The monoisotopic (exact) mass is 386 g/mol. The van der Waals surface area contributed by atoms with Gasteiger partial charge in [0.25, 0.3) is 11.8 Å². The van der Waals surface area contributed by atoms with E-state index in [-0.39, 0.29) is 25.4 Å². The van der Waals surface area contributed by atoms with Gasteiger partial charge in [-0.05, 0) is 24.3 Å². The van der Waals surface area contributed by atoms with Crippen LogP contribution in [0.5, 0.6) is 0 Å². The van der Waals surface area contributed by atoms with Crippen molar-refractivity contribution in [1.29, 1.82) is 0 Å². The highest BCUT2D eigenvalue weighted by Crippen LogP contribution is 2.33. The number of carbonyl (C=O) groups is 2. The minimum Gasteiger partial charge on any atom is -0.390 e. The normalized spacial score (nSPS) is 24.0. The molecule has 1 aliphatic rings. The van der Waals surface area contributed by atoms with E-state index in [1.807, 2.05) is 0 Å². The number of hydroxylamine groups is 2. The van der Waals surface area contributed by atoms with E-state index in [9.17, 15) is 19.9 Å². The Labute approximate surface area is 161 Å². The average molecular weight is 386 g/mol. The summed E-state index contributed by atoms with van der Waals surface area (Å²) in [6.07, 6.45) is -0.206. The van der Waals surface area contributed by atoms with Gasteiger partial charge in [-0.1, -0.05) is 25.1 Å². The third-order valence-electron chi connectivity index (χ3n) is 4.73. The van der Waals surface area contributed by atoms with Crippen LogP contribution in [0.4, 0.5) is 0 Å². The van der Waals surface area contributed by atoms with Crippen molar-refractivity contribution < 1.29 is 24.6 Å². The van der Waals surface area contributed by atoms with Crippen molar-refractivity contribution in [2.75, 3.05) is 19.7 Å². The van der Waals surface area contributed by atoms with E-state index in [2.05, 4.69) is 15.5 Å². The van der Waals surface area contributed by atoms with Crippen molar-refractivity contribution in [2.24, 2.45) is 5.41 Å². The van der Waals surface area contributed by atoms with Crippen LogP contribution >= 0.6 is 0 Å². The van der Waals surface area contributed by atoms with Crippen LogP contribution in [0.3, 0.4) is 0 Å². The summed E-state index contributed by atoms with van der Waals surface area (Å²) in [5, 5.41) is 31.4. The smallest absolute Gasteiger partial charge is 0.277 e. The molecule has 3 N–H and O–H groups in total. The third-order valence-corrected chi connectivity index (χ3v) is 4.73. The maximum atomic E-state index is 12.3. The topological polar surface area (TPSA) is 125 Å². The molecule has 28 heavy (non-hydrogen) atoms. The van der Waals surface area contributed by atoms with Crippen LogP contribution < -0.4 is 5.32 Å². The Morgan fingerprint density at radius 1 is 1.29 bits per heavy atom. The summed E-state index contributed by atoms with van der Waals surface area (Å²) in [5.74, 6) is -0.992. The summed E-state index contributed by atoms with van der Waals surface area (Å²) in [7, 11) is 0. The highest BCUT2D eigenvalue weighted by molar-refractivity contribution is 5.93.